The van der Waals surface area contributed by atoms with Gasteiger partial charge in [-0.15, -0.1) is 0 Å². The number of ether oxygens (including phenoxy) is 1. The van der Waals surface area contributed by atoms with E-state index in [1.165, 1.54) is 14.0 Å². The second kappa shape index (κ2) is 7.44. The molecule has 2 aliphatic carbocycles. The molecule has 1 saturated carbocycles. The predicted octanol–water partition coefficient (Wildman–Crippen LogP) is 3.92. The molecule has 5 rings (SSSR count). The zero-order chi connectivity index (χ0) is 24.4. The molecule has 176 valence electrons. The van der Waals surface area contributed by atoms with Crippen molar-refractivity contribution in [3.63, 3.8) is 0 Å². The molecule has 9 heteroatoms. The first-order chi connectivity index (χ1) is 16.1. The lowest BCUT2D eigenvalue weighted by molar-refractivity contribution is -0.125. The molecular formula is C25H24F2N4O3. The largest absolute Gasteiger partial charge is 0.464 e. The molecule has 1 fully saturated rings. The van der Waals surface area contributed by atoms with Crippen LogP contribution in [0.1, 0.15) is 70.9 Å². The summed E-state index contributed by atoms with van der Waals surface area (Å²) in [6.07, 6.45) is 2.62. The Morgan fingerprint density at radius 2 is 1.82 bits per heavy atom. The number of esters is 1. The summed E-state index contributed by atoms with van der Waals surface area (Å²) >= 11 is 0. The Labute approximate surface area is 194 Å². The Morgan fingerprint density at radius 1 is 1.15 bits per heavy atom. The van der Waals surface area contributed by atoms with Gasteiger partial charge in [0.1, 0.15) is 5.41 Å². The zero-order valence-electron chi connectivity index (χ0n) is 19.0. The Hall–Kier alpha value is -3.62. The molecule has 1 amide bonds. The standard InChI is InChI=1S/C25H24F2N4O3/c1-13-11-16(14-7-9-15(10-8-14)21-24(2,23(28)33)25(21,26)27)17-12-29-31(20(13)17)19-6-4-5-18(30-19)22(32)34-3/h4-10,12-13,16,21H,11H2,1-3H3,(H2,28,33)/t13?,16?,21-,24+/m1/s1. The highest BCUT2D eigenvalue weighted by molar-refractivity contribution is 5.88. The summed E-state index contributed by atoms with van der Waals surface area (Å²) in [5.41, 5.74) is 7.02. The van der Waals surface area contributed by atoms with E-state index in [0.29, 0.717) is 11.4 Å². The van der Waals surface area contributed by atoms with Gasteiger partial charge in [0, 0.05) is 11.5 Å². The number of carbonyl (C=O) groups is 2. The molecule has 2 N–H and O–H groups in total. The van der Waals surface area contributed by atoms with E-state index in [1.807, 2.05) is 12.1 Å². The number of amides is 1. The van der Waals surface area contributed by atoms with Gasteiger partial charge < -0.3 is 10.5 Å². The van der Waals surface area contributed by atoms with Gasteiger partial charge in [0.2, 0.25) is 5.91 Å². The summed E-state index contributed by atoms with van der Waals surface area (Å²) in [7, 11) is 1.30. The first kappa shape index (κ1) is 22.2. The lowest BCUT2D eigenvalue weighted by Gasteiger charge is -2.12. The van der Waals surface area contributed by atoms with Crippen LogP contribution in [-0.4, -0.2) is 39.7 Å². The van der Waals surface area contributed by atoms with E-state index in [1.54, 1.807) is 41.2 Å². The number of rotatable bonds is 5. The number of nitrogens with two attached hydrogens (primary N) is 1. The van der Waals surface area contributed by atoms with Crippen molar-refractivity contribution in [1.29, 1.82) is 0 Å². The lowest BCUT2D eigenvalue weighted by atomic mass is 9.91. The lowest BCUT2D eigenvalue weighted by Crippen LogP contribution is -2.27. The van der Waals surface area contributed by atoms with Gasteiger partial charge in [-0.3, -0.25) is 4.79 Å². The maximum Gasteiger partial charge on any atom is 0.356 e. The maximum atomic E-state index is 14.3. The first-order valence-electron chi connectivity index (χ1n) is 11.0. The van der Waals surface area contributed by atoms with Gasteiger partial charge in [-0.2, -0.15) is 5.10 Å². The number of primary amides is 1. The van der Waals surface area contributed by atoms with Crippen molar-refractivity contribution in [2.45, 2.75) is 43.9 Å². The molecule has 0 spiro atoms. The van der Waals surface area contributed by atoms with Crippen molar-refractivity contribution in [2.75, 3.05) is 7.11 Å². The van der Waals surface area contributed by atoms with Crippen LogP contribution in [0.2, 0.25) is 0 Å². The van der Waals surface area contributed by atoms with Gasteiger partial charge in [0.15, 0.2) is 11.5 Å². The highest BCUT2D eigenvalue weighted by atomic mass is 19.3. The Morgan fingerprint density at radius 3 is 2.44 bits per heavy atom. The van der Waals surface area contributed by atoms with Crippen LogP contribution in [0.15, 0.2) is 48.7 Å². The van der Waals surface area contributed by atoms with Crippen molar-refractivity contribution in [1.82, 2.24) is 14.8 Å². The summed E-state index contributed by atoms with van der Waals surface area (Å²) in [4.78, 5) is 27.9. The van der Waals surface area contributed by atoms with E-state index in [-0.39, 0.29) is 17.5 Å². The molecule has 7 nitrogen and oxygen atoms in total. The van der Waals surface area contributed by atoms with Crippen molar-refractivity contribution in [3.8, 4) is 5.82 Å². The van der Waals surface area contributed by atoms with E-state index >= 15 is 0 Å². The normalized spacial score (nSPS) is 26.7. The quantitative estimate of drug-likeness (QED) is 0.575. The molecule has 4 atom stereocenters. The van der Waals surface area contributed by atoms with Crippen molar-refractivity contribution in [3.05, 3.63) is 76.7 Å². The number of hydrogen-bond donors (Lipinski definition) is 1. The highest BCUT2D eigenvalue weighted by Gasteiger charge is 2.81. The Kier molecular flexibility index (Phi) is 4.86. The monoisotopic (exact) mass is 466 g/mol. The van der Waals surface area contributed by atoms with Gasteiger partial charge in [-0.25, -0.2) is 23.2 Å². The molecule has 0 bridgehead atoms. The van der Waals surface area contributed by atoms with Gasteiger partial charge in [0.05, 0.1) is 24.9 Å². The van der Waals surface area contributed by atoms with Crippen LogP contribution >= 0.6 is 0 Å². The average Bonchev–Trinajstić information content (AvgIpc) is 3.15. The third-order valence-electron chi connectivity index (χ3n) is 7.35. The van der Waals surface area contributed by atoms with E-state index < -0.39 is 29.1 Å². The number of aromatic nitrogens is 3. The molecule has 34 heavy (non-hydrogen) atoms. The summed E-state index contributed by atoms with van der Waals surface area (Å²) in [6.45, 7) is 3.31. The SMILES string of the molecule is COC(=O)c1cccc(-n2ncc3c2C(C)CC3c2ccc([C@H]3C(F)(F)[C@]3(C)C(N)=O)cc2)n1. The number of alkyl halides is 2. The second-order valence-corrected chi connectivity index (χ2v) is 9.25. The highest BCUT2D eigenvalue weighted by Crippen LogP contribution is 2.70. The fraction of sp³-hybridized carbons (Fsp3) is 0.360. The molecule has 3 aromatic rings. The van der Waals surface area contributed by atoms with Gasteiger partial charge in [-0.1, -0.05) is 37.3 Å². The van der Waals surface area contributed by atoms with Crippen molar-refractivity contribution >= 4 is 11.9 Å². The number of halogens is 2. The maximum absolute atomic E-state index is 14.3. The van der Waals surface area contributed by atoms with Crippen LogP contribution in [0.4, 0.5) is 8.78 Å². The number of nitrogens with zero attached hydrogens (tertiary/aromatic N) is 3. The second-order valence-electron chi connectivity index (χ2n) is 9.25. The van der Waals surface area contributed by atoms with Crippen LogP contribution in [0.5, 0.6) is 0 Å². The molecule has 1 aromatic carbocycles. The molecule has 0 radical (unpaired) electrons. The summed E-state index contributed by atoms with van der Waals surface area (Å²) in [5, 5.41) is 4.53. The fourth-order valence-corrected chi connectivity index (χ4v) is 5.28. The zero-order valence-corrected chi connectivity index (χ0v) is 19.0. The van der Waals surface area contributed by atoms with Crippen LogP contribution in [0, 0.1) is 5.41 Å². The molecular weight excluding hydrogens is 442 g/mol. The number of hydrogen-bond acceptors (Lipinski definition) is 5. The van der Waals surface area contributed by atoms with Gasteiger partial charge >= 0.3 is 5.97 Å². The van der Waals surface area contributed by atoms with Crippen LogP contribution in [0.3, 0.4) is 0 Å². The first-order valence-corrected chi connectivity index (χ1v) is 11.0. The minimum absolute atomic E-state index is 0.0406. The van der Waals surface area contributed by atoms with Crippen molar-refractivity contribution in [2.24, 2.45) is 11.1 Å². The van der Waals surface area contributed by atoms with E-state index in [0.717, 1.165) is 23.2 Å². The third-order valence-corrected chi connectivity index (χ3v) is 7.35. The molecule has 2 heterocycles. The summed E-state index contributed by atoms with van der Waals surface area (Å²) in [6, 6.07) is 12.1. The van der Waals surface area contributed by atoms with Crippen LogP contribution < -0.4 is 5.73 Å². The van der Waals surface area contributed by atoms with E-state index in [4.69, 9.17) is 10.5 Å². The van der Waals surface area contributed by atoms with E-state index in [2.05, 4.69) is 17.0 Å². The minimum Gasteiger partial charge on any atom is -0.464 e. The van der Waals surface area contributed by atoms with Gasteiger partial charge in [-0.05, 0) is 42.5 Å². The minimum atomic E-state index is -3.15. The smallest absolute Gasteiger partial charge is 0.356 e. The topological polar surface area (TPSA) is 100 Å². The molecule has 2 aliphatic rings. The van der Waals surface area contributed by atoms with E-state index in [9.17, 15) is 18.4 Å². The van der Waals surface area contributed by atoms with Gasteiger partial charge in [0.25, 0.3) is 5.92 Å². The number of pyridine rings is 1. The van der Waals surface area contributed by atoms with Crippen LogP contribution in [-0.2, 0) is 9.53 Å². The average molecular weight is 466 g/mol. The predicted molar refractivity (Wildman–Crippen MR) is 119 cm³/mol. The molecule has 2 unspecified atom stereocenters. The summed E-state index contributed by atoms with van der Waals surface area (Å²) in [5.74, 6) is -5.14. The number of fused-ring (bicyclic) bond motifs is 1. The van der Waals surface area contributed by atoms with Crippen molar-refractivity contribution < 1.29 is 23.1 Å². The fourth-order valence-electron chi connectivity index (χ4n) is 5.28. The number of benzene rings is 1. The van der Waals surface area contributed by atoms with Crippen LogP contribution in [0.25, 0.3) is 5.82 Å². The molecule has 0 saturated heterocycles. The molecule has 2 aromatic heterocycles. The Bertz CT molecular complexity index is 1300. The third kappa shape index (κ3) is 2.99. The summed E-state index contributed by atoms with van der Waals surface area (Å²) < 4.78 is 35.2. The number of carbonyl (C=O) groups excluding carboxylic acids is 2. The molecule has 0 aliphatic heterocycles. The Balaban J connectivity index is 1.45. The number of methoxy groups -OCH3 is 1.